The number of halogens is 1. The van der Waals surface area contributed by atoms with Gasteiger partial charge in [0.1, 0.15) is 12.4 Å². The maximum absolute atomic E-state index is 13.8. The van der Waals surface area contributed by atoms with Crippen LogP contribution in [0.15, 0.2) is 42.5 Å². The summed E-state index contributed by atoms with van der Waals surface area (Å²) in [6, 6.07) is 11.9. The molecule has 0 saturated heterocycles. The number of anilines is 1. The van der Waals surface area contributed by atoms with E-state index in [0.717, 1.165) is 21.7 Å². The quantitative estimate of drug-likeness (QED) is 0.691. The van der Waals surface area contributed by atoms with Crippen molar-refractivity contribution in [2.45, 2.75) is 33.4 Å². The zero-order chi connectivity index (χ0) is 20.0. The Morgan fingerprint density at radius 1 is 1.07 bits per heavy atom. The summed E-state index contributed by atoms with van der Waals surface area (Å²) < 4.78 is 13.8. The molecule has 0 heterocycles. The van der Waals surface area contributed by atoms with E-state index in [4.69, 9.17) is 0 Å². The van der Waals surface area contributed by atoms with Gasteiger partial charge in [0.15, 0.2) is 6.04 Å². The number of benzene rings is 2. The van der Waals surface area contributed by atoms with Crippen LogP contribution in [0.25, 0.3) is 0 Å². The van der Waals surface area contributed by atoms with E-state index in [1.54, 1.807) is 25.1 Å². The van der Waals surface area contributed by atoms with Gasteiger partial charge in [0.25, 0.3) is 5.91 Å². The zero-order valence-electron chi connectivity index (χ0n) is 16.2. The van der Waals surface area contributed by atoms with Crippen LogP contribution < -0.4 is 15.5 Å². The van der Waals surface area contributed by atoms with E-state index in [-0.39, 0.29) is 24.2 Å². The lowest BCUT2D eigenvalue weighted by Gasteiger charge is -2.21. The highest BCUT2D eigenvalue weighted by molar-refractivity contribution is 5.96. The summed E-state index contributed by atoms with van der Waals surface area (Å²) in [6.45, 7) is 5.88. The predicted molar refractivity (Wildman–Crippen MR) is 104 cm³/mol. The Hall–Kier alpha value is -2.73. The molecule has 2 rings (SSSR count). The lowest BCUT2D eigenvalue weighted by Crippen LogP contribution is -3.12. The summed E-state index contributed by atoms with van der Waals surface area (Å²) in [7, 11) is 1.83. The molecular formula is C21H27FN3O2+. The molecule has 144 valence electrons. The highest BCUT2D eigenvalue weighted by Crippen LogP contribution is 2.18. The zero-order valence-corrected chi connectivity index (χ0v) is 16.2. The Morgan fingerprint density at radius 2 is 1.70 bits per heavy atom. The van der Waals surface area contributed by atoms with Gasteiger partial charge in [-0.25, -0.2) is 4.39 Å². The number of hydrogen-bond acceptors (Lipinski definition) is 2. The summed E-state index contributed by atoms with van der Waals surface area (Å²) in [5.41, 5.74) is 3.27. The lowest BCUT2D eigenvalue weighted by molar-refractivity contribution is -0.908. The van der Waals surface area contributed by atoms with E-state index in [2.05, 4.69) is 10.6 Å². The van der Waals surface area contributed by atoms with Crippen molar-refractivity contribution in [1.82, 2.24) is 5.32 Å². The summed E-state index contributed by atoms with van der Waals surface area (Å²) >= 11 is 0. The van der Waals surface area contributed by atoms with Crippen molar-refractivity contribution in [1.29, 1.82) is 0 Å². The fourth-order valence-corrected chi connectivity index (χ4v) is 2.83. The molecule has 1 unspecified atom stereocenters. The number of aryl methyl sites for hydroxylation is 2. The number of likely N-dealkylation sites (N-methyl/N-ethyl adjacent to an activating group) is 1. The molecule has 0 aliphatic heterocycles. The molecule has 0 saturated carbocycles. The lowest BCUT2D eigenvalue weighted by atomic mass is 10.1. The third kappa shape index (κ3) is 5.62. The van der Waals surface area contributed by atoms with Crippen LogP contribution in [0.2, 0.25) is 0 Å². The van der Waals surface area contributed by atoms with Crippen LogP contribution in [-0.2, 0) is 16.1 Å². The predicted octanol–water partition coefficient (Wildman–Crippen LogP) is 1.60. The van der Waals surface area contributed by atoms with Gasteiger partial charge in [-0.2, -0.15) is 0 Å². The standard InChI is InChI=1S/C21H26FN3O2/c1-14-8-7-9-15(2)20(14)24-19(26)12-23-21(27)16(3)25(4)13-17-10-5-6-11-18(17)22/h5-11,16H,12-13H2,1-4H3,(H,23,27)(H,24,26)/p+1/t16-/m1/s1. The minimum absolute atomic E-state index is 0.107. The fourth-order valence-electron chi connectivity index (χ4n) is 2.83. The van der Waals surface area contributed by atoms with Gasteiger partial charge < -0.3 is 15.5 Å². The van der Waals surface area contributed by atoms with E-state index in [1.807, 2.05) is 39.1 Å². The first-order valence-electron chi connectivity index (χ1n) is 8.99. The van der Waals surface area contributed by atoms with E-state index >= 15 is 0 Å². The number of carbonyl (C=O) groups is 2. The van der Waals surface area contributed by atoms with Crippen LogP contribution in [-0.4, -0.2) is 31.4 Å². The molecule has 0 aliphatic rings. The molecule has 0 aliphatic carbocycles. The van der Waals surface area contributed by atoms with E-state index < -0.39 is 6.04 Å². The van der Waals surface area contributed by atoms with Gasteiger partial charge >= 0.3 is 0 Å². The van der Waals surface area contributed by atoms with Crippen molar-refractivity contribution < 1.29 is 18.9 Å². The molecule has 0 spiro atoms. The normalized spacial score (nSPS) is 12.9. The first-order valence-corrected chi connectivity index (χ1v) is 8.99. The second-order valence-electron chi connectivity index (χ2n) is 6.87. The maximum atomic E-state index is 13.8. The number of hydrogen-bond donors (Lipinski definition) is 3. The van der Waals surface area contributed by atoms with Gasteiger partial charge in [0.05, 0.1) is 13.6 Å². The van der Waals surface area contributed by atoms with Crippen LogP contribution in [0.5, 0.6) is 0 Å². The number of para-hydroxylation sites is 1. The molecule has 0 bridgehead atoms. The number of quaternary nitrogens is 1. The number of nitrogens with one attached hydrogen (secondary N) is 3. The van der Waals surface area contributed by atoms with Gasteiger partial charge in [0.2, 0.25) is 5.91 Å². The van der Waals surface area contributed by atoms with Crippen LogP contribution in [0.1, 0.15) is 23.6 Å². The Balaban J connectivity index is 1.87. The molecule has 0 fully saturated rings. The van der Waals surface area contributed by atoms with Crippen LogP contribution in [0, 0.1) is 19.7 Å². The third-order valence-corrected chi connectivity index (χ3v) is 4.73. The average molecular weight is 372 g/mol. The molecule has 3 N–H and O–H groups in total. The van der Waals surface area contributed by atoms with E-state index in [9.17, 15) is 14.0 Å². The molecule has 0 radical (unpaired) electrons. The summed E-state index contributed by atoms with van der Waals surface area (Å²) in [5.74, 6) is -0.808. The Morgan fingerprint density at radius 3 is 2.33 bits per heavy atom. The van der Waals surface area contributed by atoms with Gasteiger partial charge in [-0.05, 0) is 38.0 Å². The van der Waals surface area contributed by atoms with Crippen LogP contribution in [0.4, 0.5) is 10.1 Å². The monoisotopic (exact) mass is 372 g/mol. The minimum atomic E-state index is -0.419. The second kappa shape index (κ2) is 9.28. The molecule has 0 aromatic heterocycles. The Kier molecular flexibility index (Phi) is 7.07. The molecule has 2 aromatic carbocycles. The summed E-state index contributed by atoms with van der Waals surface area (Å²) in [5, 5.41) is 5.50. The van der Waals surface area contributed by atoms with Gasteiger partial charge in [0, 0.05) is 11.3 Å². The topological polar surface area (TPSA) is 62.6 Å². The van der Waals surface area contributed by atoms with Gasteiger partial charge in [-0.3, -0.25) is 9.59 Å². The van der Waals surface area contributed by atoms with Crippen molar-refractivity contribution in [2.75, 3.05) is 18.9 Å². The van der Waals surface area contributed by atoms with E-state index in [0.29, 0.717) is 12.1 Å². The van der Waals surface area contributed by atoms with Crippen molar-refractivity contribution in [2.24, 2.45) is 0 Å². The van der Waals surface area contributed by atoms with Crippen molar-refractivity contribution in [3.8, 4) is 0 Å². The molecule has 2 atom stereocenters. The van der Waals surface area contributed by atoms with Crippen LogP contribution >= 0.6 is 0 Å². The van der Waals surface area contributed by atoms with Crippen molar-refractivity contribution in [3.05, 3.63) is 65.0 Å². The highest BCUT2D eigenvalue weighted by atomic mass is 19.1. The molecule has 2 aromatic rings. The number of rotatable bonds is 7. The first kappa shape index (κ1) is 20.6. The highest BCUT2D eigenvalue weighted by Gasteiger charge is 2.23. The fraction of sp³-hybridized carbons (Fsp3) is 0.333. The van der Waals surface area contributed by atoms with Crippen LogP contribution in [0.3, 0.4) is 0 Å². The molecule has 6 heteroatoms. The molecular weight excluding hydrogens is 345 g/mol. The maximum Gasteiger partial charge on any atom is 0.278 e. The first-order chi connectivity index (χ1) is 12.8. The van der Waals surface area contributed by atoms with E-state index in [1.165, 1.54) is 6.07 Å². The molecule has 5 nitrogen and oxygen atoms in total. The summed E-state index contributed by atoms with van der Waals surface area (Å²) in [4.78, 5) is 25.4. The Labute approximate surface area is 159 Å². The minimum Gasteiger partial charge on any atom is -0.342 e. The SMILES string of the molecule is Cc1cccc(C)c1NC(=O)CNC(=O)[C@@H](C)[NH+](C)Cc1ccccc1F. The third-order valence-electron chi connectivity index (χ3n) is 4.73. The summed E-state index contributed by atoms with van der Waals surface area (Å²) in [6.07, 6.45) is 0. The number of amides is 2. The average Bonchev–Trinajstić information content (AvgIpc) is 2.64. The smallest absolute Gasteiger partial charge is 0.278 e. The molecule has 2 amide bonds. The Bertz CT molecular complexity index is 803. The van der Waals surface area contributed by atoms with Crippen molar-refractivity contribution >= 4 is 17.5 Å². The van der Waals surface area contributed by atoms with Gasteiger partial charge in [-0.15, -0.1) is 0 Å². The second-order valence-corrected chi connectivity index (χ2v) is 6.87. The number of carbonyl (C=O) groups excluding carboxylic acids is 2. The largest absolute Gasteiger partial charge is 0.342 e. The van der Waals surface area contributed by atoms with Crippen molar-refractivity contribution in [3.63, 3.8) is 0 Å². The molecule has 27 heavy (non-hydrogen) atoms. The van der Waals surface area contributed by atoms with Gasteiger partial charge in [-0.1, -0.05) is 36.4 Å².